The number of unbranched alkanes of at least 4 members (excludes halogenated alkanes) is 28. The summed E-state index contributed by atoms with van der Waals surface area (Å²) >= 11 is 2.13. The van der Waals surface area contributed by atoms with Crippen molar-refractivity contribution in [2.24, 2.45) is 0 Å². The van der Waals surface area contributed by atoms with Gasteiger partial charge in [-0.3, -0.25) is 19.4 Å². The van der Waals surface area contributed by atoms with Crippen LogP contribution in [0.5, 0.6) is 0 Å². The molecule has 0 aromatic rings. The summed E-state index contributed by atoms with van der Waals surface area (Å²) in [5.41, 5.74) is 0. The van der Waals surface area contributed by atoms with E-state index < -0.39 is 35.6 Å². The molecule has 5 atom stereocenters. The zero-order chi connectivity index (χ0) is 49.4. The van der Waals surface area contributed by atoms with Gasteiger partial charge in [-0.2, -0.15) is 0 Å². The standard InChI is InChI=1S/C56H112N2O7S2/c1-5-9-13-17-21-25-29-33-37-50(59)46-57(47-51(60)38-34-30-26-22-18-14-10-6-2)41-43-66-55(64)45-54(63)56(65)67-44-42-58(48-52(61)39-35-31-27-23-19-15-11-7-3)49-53(62)40-36-32-28-24-20-16-12-8-4/h50-54,59-63H,5-49H2,1-4H3. The average molecular weight is 990 g/mol. The van der Waals surface area contributed by atoms with Gasteiger partial charge >= 0.3 is 0 Å². The van der Waals surface area contributed by atoms with Crippen molar-refractivity contribution in [2.45, 2.75) is 296 Å². The number of aliphatic hydroxyl groups excluding tert-OH is 5. The predicted octanol–water partition coefficient (Wildman–Crippen LogP) is 13.4. The molecule has 0 saturated carbocycles. The number of aliphatic hydroxyl groups is 5. The fraction of sp³-hybridized carbons (Fsp3) is 0.964. The van der Waals surface area contributed by atoms with E-state index in [4.69, 9.17) is 0 Å². The number of hydrogen-bond acceptors (Lipinski definition) is 11. The molecule has 0 radical (unpaired) electrons. The van der Waals surface area contributed by atoms with Crippen molar-refractivity contribution in [1.29, 1.82) is 0 Å². The average Bonchev–Trinajstić information content (AvgIpc) is 3.29. The van der Waals surface area contributed by atoms with Gasteiger partial charge in [0.1, 0.15) is 6.10 Å². The molecule has 0 aromatic heterocycles. The lowest BCUT2D eigenvalue weighted by molar-refractivity contribution is -0.122. The molecular weight excluding hydrogens is 877 g/mol. The Morgan fingerprint density at radius 3 is 0.866 bits per heavy atom. The van der Waals surface area contributed by atoms with Crippen molar-refractivity contribution in [3.8, 4) is 0 Å². The summed E-state index contributed by atoms with van der Waals surface area (Å²) in [6, 6.07) is 0. The summed E-state index contributed by atoms with van der Waals surface area (Å²) in [5, 5.41) is 54.0. The van der Waals surface area contributed by atoms with Crippen LogP contribution < -0.4 is 0 Å². The first-order valence-electron chi connectivity index (χ1n) is 28.7. The molecule has 67 heavy (non-hydrogen) atoms. The van der Waals surface area contributed by atoms with Gasteiger partial charge in [0, 0.05) is 50.8 Å². The van der Waals surface area contributed by atoms with Gasteiger partial charge < -0.3 is 25.5 Å². The van der Waals surface area contributed by atoms with Crippen LogP contribution in [0.1, 0.15) is 265 Å². The lowest BCUT2D eigenvalue weighted by Crippen LogP contribution is -2.39. The van der Waals surface area contributed by atoms with Gasteiger partial charge in [0.15, 0.2) is 5.12 Å². The Morgan fingerprint density at radius 2 is 0.597 bits per heavy atom. The molecule has 0 fully saturated rings. The van der Waals surface area contributed by atoms with E-state index in [2.05, 4.69) is 37.5 Å². The number of carbonyl (C=O) groups is 2. The maximum absolute atomic E-state index is 13.0. The number of nitrogens with zero attached hydrogens (tertiary/aromatic N) is 2. The minimum absolute atomic E-state index is 0.241. The van der Waals surface area contributed by atoms with Gasteiger partial charge in [0.25, 0.3) is 0 Å². The second-order valence-corrected chi connectivity index (χ2v) is 22.5. The first-order chi connectivity index (χ1) is 32.6. The third-order valence-corrected chi connectivity index (χ3v) is 15.2. The quantitative estimate of drug-likeness (QED) is 0.0372. The molecule has 0 aliphatic carbocycles. The molecule has 0 aliphatic heterocycles. The van der Waals surface area contributed by atoms with Crippen LogP contribution in [-0.4, -0.2) is 127 Å². The molecule has 11 heteroatoms. The lowest BCUT2D eigenvalue weighted by Gasteiger charge is -2.27. The number of rotatable bonds is 53. The summed E-state index contributed by atoms with van der Waals surface area (Å²) in [6.07, 6.45) is 38.1. The van der Waals surface area contributed by atoms with E-state index in [1.807, 2.05) is 0 Å². The predicted molar refractivity (Wildman–Crippen MR) is 291 cm³/mol. The van der Waals surface area contributed by atoms with Crippen LogP contribution in [0, 0.1) is 0 Å². The van der Waals surface area contributed by atoms with Crippen LogP contribution in [0.4, 0.5) is 0 Å². The smallest absolute Gasteiger partial charge is 0.217 e. The number of carbonyl (C=O) groups excluding carboxylic acids is 2. The monoisotopic (exact) mass is 989 g/mol. The maximum Gasteiger partial charge on any atom is 0.217 e. The van der Waals surface area contributed by atoms with E-state index in [1.165, 1.54) is 154 Å². The Kier molecular flexibility index (Phi) is 50.5. The minimum atomic E-state index is -1.39. The third kappa shape index (κ3) is 46.6. The highest BCUT2D eigenvalue weighted by Gasteiger charge is 2.23. The lowest BCUT2D eigenvalue weighted by atomic mass is 10.0. The van der Waals surface area contributed by atoms with Crippen molar-refractivity contribution >= 4 is 33.8 Å². The zero-order valence-electron chi connectivity index (χ0n) is 44.5. The fourth-order valence-electron chi connectivity index (χ4n) is 9.09. The molecule has 0 bridgehead atoms. The summed E-state index contributed by atoms with van der Waals surface area (Å²) in [7, 11) is 0. The normalized spacial score (nSPS) is 14.3. The molecule has 400 valence electrons. The topological polar surface area (TPSA) is 142 Å². The Bertz CT molecular complexity index is 1010. The van der Waals surface area contributed by atoms with Crippen molar-refractivity contribution in [2.75, 3.05) is 50.8 Å². The molecular formula is C56H112N2O7S2. The van der Waals surface area contributed by atoms with Crippen LogP contribution in [0.2, 0.25) is 0 Å². The highest BCUT2D eigenvalue weighted by molar-refractivity contribution is 8.14. The van der Waals surface area contributed by atoms with Crippen LogP contribution in [-0.2, 0) is 9.59 Å². The molecule has 0 spiro atoms. The summed E-state index contributed by atoms with van der Waals surface area (Å²) in [6.45, 7) is 11.8. The minimum Gasteiger partial charge on any atom is -0.392 e. The Morgan fingerprint density at radius 1 is 0.358 bits per heavy atom. The largest absolute Gasteiger partial charge is 0.392 e. The number of thioether (sulfide) groups is 2. The zero-order valence-corrected chi connectivity index (χ0v) is 46.1. The van der Waals surface area contributed by atoms with Crippen molar-refractivity contribution in [1.82, 2.24) is 9.80 Å². The van der Waals surface area contributed by atoms with Gasteiger partial charge in [0.2, 0.25) is 5.12 Å². The SMILES string of the molecule is CCCCCCCCCCC(O)CN(CCSC(=O)CC(O)C(=O)SCCN(CC(O)CCCCCCCCCC)CC(O)CCCCCCCCCC)CC(O)CCCCCCCCCC. The van der Waals surface area contributed by atoms with Crippen LogP contribution in [0.3, 0.4) is 0 Å². The molecule has 5 N–H and O–H groups in total. The summed E-state index contributed by atoms with van der Waals surface area (Å²) in [5.74, 6) is 0.864. The van der Waals surface area contributed by atoms with Gasteiger partial charge in [-0.1, -0.05) is 257 Å². The van der Waals surface area contributed by atoms with Crippen molar-refractivity contribution < 1.29 is 35.1 Å². The maximum atomic E-state index is 13.0. The van der Waals surface area contributed by atoms with Crippen LogP contribution >= 0.6 is 23.5 Å². The Balaban J connectivity index is 5.02. The van der Waals surface area contributed by atoms with Gasteiger partial charge in [-0.15, -0.1) is 0 Å². The molecule has 0 saturated heterocycles. The molecule has 0 rings (SSSR count). The van der Waals surface area contributed by atoms with E-state index in [0.29, 0.717) is 50.8 Å². The second-order valence-electron chi connectivity index (χ2n) is 20.3. The molecule has 0 aliphatic rings. The summed E-state index contributed by atoms with van der Waals surface area (Å²) < 4.78 is 0. The molecule has 0 heterocycles. The Hall–Kier alpha value is -0.240. The van der Waals surface area contributed by atoms with Gasteiger partial charge in [-0.25, -0.2) is 0 Å². The number of hydrogen-bond donors (Lipinski definition) is 5. The highest BCUT2D eigenvalue weighted by atomic mass is 32.2. The first kappa shape index (κ1) is 66.8. The third-order valence-electron chi connectivity index (χ3n) is 13.4. The molecule has 0 aromatic carbocycles. The van der Waals surface area contributed by atoms with E-state index in [9.17, 15) is 35.1 Å². The highest BCUT2D eigenvalue weighted by Crippen LogP contribution is 2.19. The van der Waals surface area contributed by atoms with E-state index in [-0.39, 0.29) is 11.5 Å². The van der Waals surface area contributed by atoms with E-state index in [0.717, 1.165) is 101 Å². The van der Waals surface area contributed by atoms with Crippen molar-refractivity contribution in [3.63, 3.8) is 0 Å². The second kappa shape index (κ2) is 50.7. The van der Waals surface area contributed by atoms with Crippen LogP contribution in [0.15, 0.2) is 0 Å². The summed E-state index contributed by atoms with van der Waals surface area (Å²) in [4.78, 5) is 30.2. The Labute approximate surface area is 423 Å². The van der Waals surface area contributed by atoms with E-state index >= 15 is 0 Å². The van der Waals surface area contributed by atoms with Crippen molar-refractivity contribution in [3.05, 3.63) is 0 Å². The molecule has 0 amide bonds. The van der Waals surface area contributed by atoms with Gasteiger partial charge in [0.05, 0.1) is 30.8 Å². The molecule has 9 nitrogen and oxygen atoms in total. The van der Waals surface area contributed by atoms with Gasteiger partial charge in [-0.05, 0) is 25.7 Å². The first-order valence-corrected chi connectivity index (χ1v) is 30.7. The van der Waals surface area contributed by atoms with E-state index in [1.54, 1.807) is 0 Å². The molecule has 5 unspecified atom stereocenters. The fourth-order valence-corrected chi connectivity index (χ4v) is 10.8. The van der Waals surface area contributed by atoms with Crippen LogP contribution in [0.25, 0.3) is 0 Å².